The van der Waals surface area contributed by atoms with Gasteiger partial charge in [-0.3, -0.25) is 4.79 Å². The summed E-state index contributed by atoms with van der Waals surface area (Å²) < 4.78 is 0. The second kappa shape index (κ2) is 4.18. The molecule has 0 aromatic heterocycles. The average Bonchev–Trinajstić information content (AvgIpc) is 2.09. The van der Waals surface area contributed by atoms with Gasteiger partial charge >= 0.3 is 0 Å². The van der Waals surface area contributed by atoms with Gasteiger partial charge in [-0.2, -0.15) is 0 Å². The van der Waals surface area contributed by atoms with Crippen LogP contribution in [0.2, 0.25) is 0 Å². The van der Waals surface area contributed by atoms with Crippen molar-refractivity contribution in [1.82, 2.24) is 0 Å². The van der Waals surface area contributed by atoms with E-state index in [2.05, 4.69) is 32.0 Å². The lowest BCUT2D eigenvalue weighted by molar-refractivity contribution is -0.125. The summed E-state index contributed by atoms with van der Waals surface area (Å²) in [4.78, 5) is 11.9. The summed E-state index contributed by atoms with van der Waals surface area (Å²) in [5.41, 5.74) is 3.35. The van der Waals surface area contributed by atoms with E-state index in [-0.39, 0.29) is 5.41 Å². The molecule has 15 heavy (non-hydrogen) atoms. The highest BCUT2D eigenvalue weighted by atomic mass is 16.1. The molecule has 0 atom stereocenters. The standard InChI is InChI=1S/C14H20O/c1-10-6-7-11(2)12(8-10)9-13(15)14(3,4)5/h6-8H,9H2,1-5H3. The molecule has 0 spiro atoms. The summed E-state index contributed by atoms with van der Waals surface area (Å²) in [6.07, 6.45) is 0.553. The van der Waals surface area contributed by atoms with Crippen LogP contribution in [0.1, 0.15) is 37.5 Å². The van der Waals surface area contributed by atoms with Crippen LogP contribution >= 0.6 is 0 Å². The average molecular weight is 204 g/mol. The van der Waals surface area contributed by atoms with Crippen LogP contribution in [0.15, 0.2) is 18.2 Å². The van der Waals surface area contributed by atoms with Gasteiger partial charge in [-0.15, -0.1) is 0 Å². The first-order chi connectivity index (χ1) is 6.80. The largest absolute Gasteiger partial charge is 0.299 e. The summed E-state index contributed by atoms with van der Waals surface area (Å²) in [6, 6.07) is 6.28. The van der Waals surface area contributed by atoms with Gasteiger partial charge in [0, 0.05) is 11.8 Å². The molecule has 82 valence electrons. The molecule has 1 nitrogen and oxygen atoms in total. The van der Waals surface area contributed by atoms with Crippen molar-refractivity contribution in [2.24, 2.45) is 5.41 Å². The minimum atomic E-state index is -0.240. The molecule has 1 aromatic carbocycles. The third kappa shape index (κ3) is 3.19. The highest BCUT2D eigenvalue weighted by molar-refractivity contribution is 5.86. The topological polar surface area (TPSA) is 17.1 Å². The molecule has 0 aliphatic heterocycles. The van der Waals surface area contributed by atoms with Crippen molar-refractivity contribution in [2.45, 2.75) is 41.0 Å². The van der Waals surface area contributed by atoms with Crippen molar-refractivity contribution < 1.29 is 4.79 Å². The van der Waals surface area contributed by atoms with Crippen LogP contribution < -0.4 is 0 Å². The second-order valence-corrected chi connectivity index (χ2v) is 5.28. The Balaban J connectivity index is 2.90. The minimum absolute atomic E-state index is 0.240. The van der Waals surface area contributed by atoms with Crippen LogP contribution in [0.5, 0.6) is 0 Å². The first-order valence-electron chi connectivity index (χ1n) is 5.40. The quantitative estimate of drug-likeness (QED) is 0.721. The van der Waals surface area contributed by atoms with Crippen LogP contribution in [0.3, 0.4) is 0 Å². The maximum absolute atomic E-state index is 11.9. The van der Waals surface area contributed by atoms with Crippen molar-refractivity contribution in [3.05, 3.63) is 34.9 Å². The Bertz CT molecular complexity index is 369. The van der Waals surface area contributed by atoms with Crippen molar-refractivity contribution in [3.8, 4) is 0 Å². The Morgan fingerprint density at radius 2 is 1.80 bits per heavy atom. The van der Waals surface area contributed by atoms with Crippen molar-refractivity contribution in [2.75, 3.05) is 0 Å². The molecule has 0 aliphatic rings. The number of aryl methyl sites for hydroxylation is 2. The van der Waals surface area contributed by atoms with Gasteiger partial charge in [0.1, 0.15) is 5.78 Å². The Morgan fingerprint density at radius 3 is 2.33 bits per heavy atom. The Kier molecular flexibility index (Phi) is 3.33. The molecule has 0 saturated carbocycles. The van der Waals surface area contributed by atoms with Crippen LogP contribution in [-0.2, 0) is 11.2 Å². The predicted octanol–water partition coefficient (Wildman–Crippen LogP) is 3.46. The molecule has 1 heteroatoms. The number of ketones is 1. The highest BCUT2D eigenvalue weighted by Crippen LogP contribution is 2.20. The summed E-state index contributed by atoms with van der Waals surface area (Å²) in [7, 11) is 0. The van der Waals surface area contributed by atoms with E-state index in [1.165, 1.54) is 11.1 Å². The fourth-order valence-corrected chi connectivity index (χ4v) is 1.43. The molecule has 0 amide bonds. The van der Waals surface area contributed by atoms with E-state index in [9.17, 15) is 4.79 Å². The number of hydrogen-bond acceptors (Lipinski definition) is 1. The molecular weight excluding hydrogens is 184 g/mol. The van der Waals surface area contributed by atoms with Crippen LogP contribution in [0, 0.1) is 19.3 Å². The third-order valence-electron chi connectivity index (χ3n) is 2.69. The van der Waals surface area contributed by atoms with Gasteiger partial charge in [-0.25, -0.2) is 0 Å². The van der Waals surface area contributed by atoms with E-state index in [0.717, 1.165) is 5.56 Å². The third-order valence-corrected chi connectivity index (χ3v) is 2.69. The zero-order valence-corrected chi connectivity index (χ0v) is 10.3. The zero-order valence-electron chi connectivity index (χ0n) is 10.3. The smallest absolute Gasteiger partial charge is 0.142 e. The maximum Gasteiger partial charge on any atom is 0.142 e. The molecule has 0 aliphatic carbocycles. The van der Waals surface area contributed by atoms with Gasteiger partial charge in [-0.1, -0.05) is 44.5 Å². The van der Waals surface area contributed by atoms with Crippen molar-refractivity contribution >= 4 is 5.78 Å². The van der Waals surface area contributed by atoms with E-state index in [1.54, 1.807) is 0 Å². The van der Waals surface area contributed by atoms with Gasteiger partial charge in [0.15, 0.2) is 0 Å². The second-order valence-electron chi connectivity index (χ2n) is 5.28. The van der Waals surface area contributed by atoms with E-state index in [1.807, 2.05) is 20.8 Å². The Labute approximate surface area is 92.5 Å². The van der Waals surface area contributed by atoms with Gasteiger partial charge in [0.2, 0.25) is 0 Å². The molecular formula is C14H20O. The maximum atomic E-state index is 11.9. The normalized spacial score (nSPS) is 11.5. The lowest BCUT2D eigenvalue weighted by atomic mass is 9.86. The minimum Gasteiger partial charge on any atom is -0.299 e. The van der Waals surface area contributed by atoms with E-state index in [4.69, 9.17) is 0 Å². The molecule has 0 bridgehead atoms. The SMILES string of the molecule is Cc1ccc(C)c(CC(=O)C(C)(C)C)c1. The van der Waals surface area contributed by atoms with Crippen LogP contribution in [0.4, 0.5) is 0 Å². The first kappa shape index (κ1) is 12.0. The summed E-state index contributed by atoms with van der Waals surface area (Å²) in [5.74, 6) is 0.302. The molecule has 0 unspecified atom stereocenters. The number of rotatable bonds is 2. The summed E-state index contributed by atoms with van der Waals surface area (Å²) in [6.45, 7) is 10.0. The number of carbonyl (C=O) groups excluding carboxylic acids is 1. The molecule has 0 N–H and O–H groups in total. The van der Waals surface area contributed by atoms with Crippen molar-refractivity contribution in [1.29, 1.82) is 0 Å². The Morgan fingerprint density at radius 1 is 1.20 bits per heavy atom. The number of benzene rings is 1. The lowest BCUT2D eigenvalue weighted by Gasteiger charge is -2.17. The number of Topliss-reactive ketones (excluding diaryl/α,β-unsaturated/α-hetero) is 1. The van der Waals surface area contributed by atoms with Crippen molar-refractivity contribution in [3.63, 3.8) is 0 Å². The fraction of sp³-hybridized carbons (Fsp3) is 0.500. The van der Waals surface area contributed by atoms with Crippen LogP contribution in [0.25, 0.3) is 0 Å². The summed E-state index contributed by atoms with van der Waals surface area (Å²) in [5, 5.41) is 0. The monoisotopic (exact) mass is 204 g/mol. The van der Waals surface area contributed by atoms with Gasteiger partial charge in [-0.05, 0) is 25.0 Å². The van der Waals surface area contributed by atoms with E-state index < -0.39 is 0 Å². The highest BCUT2D eigenvalue weighted by Gasteiger charge is 2.21. The predicted molar refractivity (Wildman–Crippen MR) is 64.1 cm³/mol. The molecule has 0 saturated heterocycles. The molecule has 1 aromatic rings. The molecule has 0 heterocycles. The molecule has 1 rings (SSSR count). The number of carbonyl (C=O) groups is 1. The van der Waals surface area contributed by atoms with E-state index in [0.29, 0.717) is 12.2 Å². The summed E-state index contributed by atoms with van der Waals surface area (Å²) >= 11 is 0. The molecule has 0 fully saturated rings. The molecule has 0 radical (unpaired) electrons. The van der Waals surface area contributed by atoms with Gasteiger partial charge < -0.3 is 0 Å². The Hall–Kier alpha value is -1.11. The van der Waals surface area contributed by atoms with E-state index >= 15 is 0 Å². The first-order valence-corrected chi connectivity index (χ1v) is 5.40. The van der Waals surface area contributed by atoms with Gasteiger partial charge in [0.05, 0.1) is 0 Å². The van der Waals surface area contributed by atoms with Gasteiger partial charge in [0.25, 0.3) is 0 Å². The zero-order chi connectivity index (χ0) is 11.6. The fourth-order valence-electron chi connectivity index (χ4n) is 1.43. The number of hydrogen-bond donors (Lipinski definition) is 0. The van der Waals surface area contributed by atoms with Crippen LogP contribution in [-0.4, -0.2) is 5.78 Å². The lowest BCUT2D eigenvalue weighted by Crippen LogP contribution is -2.22.